The molecule has 36 valence electrons. The average Bonchev–Trinajstić information content (AvgIpc) is 1.86. The number of tetrazole rings is 1. The number of hydrogen-bond donors (Lipinski definition) is 2. The molecule has 0 saturated carbocycles. The van der Waals surface area contributed by atoms with Gasteiger partial charge in [0.25, 0.3) is 0 Å². The summed E-state index contributed by atoms with van der Waals surface area (Å²) in [5, 5.41) is 10.2. The summed E-state index contributed by atoms with van der Waals surface area (Å²) in [4.78, 5) is 9.83. The topological polar surface area (TPSA) is 74.4 Å². The standard InChI is InChI=1S/CH2N4O.Pb/c6-1-2-4-5-3-1;/h(H2,2,3,4,5,6);. The number of aromatic amines is 2. The van der Waals surface area contributed by atoms with Crippen LogP contribution in [0.15, 0.2) is 4.79 Å². The molecule has 0 aliphatic heterocycles. The zero-order valence-electron chi connectivity index (χ0n) is 3.30. The fourth-order valence-corrected chi connectivity index (χ4v) is 0.166. The molecular weight excluding hydrogens is 291 g/mol. The Kier molecular flexibility index (Phi) is 2.80. The van der Waals surface area contributed by atoms with Gasteiger partial charge in [-0.15, -0.1) is 0 Å². The van der Waals surface area contributed by atoms with Crippen LogP contribution in [0, 0.1) is 0 Å². The van der Waals surface area contributed by atoms with Crippen LogP contribution in [0.4, 0.5) is 0 Å². The molecule has 0 aliphatic rings. The molecule has 6 heteroatoms. The summed E-state index contributed by atoms with van der Waals surface area (Å²) in [6.45, 7) is 0. The van der Waals surface area contributed by atoms with Crippen molar-refractivity contribution in [2.24, 2.45) is 0 Å². The summed E-state index contributed by atoms with van der Waals surface area (Å²) < 4.78 is 0. The van der Waals surface area contributed by atoms with Crippen molar-refractivity contribution in [2.45, 2.75) is 0 Å². The zero-order chi connectivity index (χ0) is 4.41. The second-order valence-electron chi connectivity index (χ2n) is 0.753. The Balaban J connectivity index is 0.000000360. The maximum Gasteiger partial charge on any atom is 0.358 e. The number of nitrogens with zero attached hydrogens (tertiary/aromatic N) is 2. The first kappa shape index (κ1) is 6.79. The predicted octanol–water partition coefficient (Wildman–Crippen LogP) is -1.89. The minimum absolute atomic E-state index is 0. The first-order chi connectivity index (χ1) is 2.89. The van der Waals surface area contributed by atoms with Gasteiger partial charge in [0.1, 0.15) is 0 Å². The Morgan fingerprint density at radius 1 is 1.29 bits per heavy atom. The molecule has 0 aliphatic carbocycles. The molecule has 0 amide bonds. The van der Waals surface area contributed by atoms with Crippen molar-refractivity contribution in [3.8, 4) is 0 Å². The summed E-state index contributed by atoms with van der Waals surface area (Å²) >= 11 is 0. The number of nitrogens with one attached hydrogen (secondary N) is 2. The van der Waals surface area contributed by atoms with E-state index < -0.39 is 0 Å². The van der Waals surface area contributed by atoms with Crippen LogP contribution in [0.5, 0.6) is 0 Å². The van der Waals surface area contributed by atoms with Crippen LogP contribution in [0.3, 0.4) is 0 Å². The molecule has 0 bridgehead atoms. The smallest absolute Gasteiger partial charge is 0.245 e. The third-order valence-electron chi connectivity index (χ3n) is 0.353. The Morgan fingerprint density at radius 3 is 1.86 bits per heavy atom. The summed E-state index contributed by atoms with van der Waals surface area (Å²) in [6.07, 6.45) is 0. The molecule has 1 aromatic rings. The third-order valence-corrected chi connectivity index (χ3v) is 0.353. The van der Waals surface area contributed by atoms with Crippen molar-refractivity contribution in [3.63, 3.8) is 0 Å². The fraction of sp³-hybridized carbons (Fsp3) is 0. The normalized spacial score (nSPS) is 7.43. The van der Waals surface area contributed by atoms with E-state index in [0.717, 1.165) is 0 Å². The third kappa shape index (κ3) is 1.81. The van der Waals surface area contributed by atoms with E-state index in [2.05, 4.69) is 10.4 Å². The molecule has 7 heavy (non-hydrogen) atoms. The van der Waals surface area contributed by atoms with Gasteiger partial charge in [-0.2, -0.15) is 0 Å². The van der Waals surface area contributed by atoms with Gasteiger partial charge in [0.15, 0.2) is 0 Å². The van der Waals surface area contributed by atoms with Crippen molar-refractivity contribution in [2.75, 3.05) is 0 Å². The number of rotatable bonds is 0. The molecular formula is CH2N4OPb. The first-order valence-corrected chi connectivity index (χ1v) is 1.35. The van der Waals surface area contributed by atoms with Gasteiger partial charge in [-0.1, -0.05) is 0 Å². The van der Waals surface area contributed by atoms with Crippen LogP contribution in [0.25, 0.3) is 0 Å². The van der Waals surface area contributed by atoms with E-state index in [-0.39, 0.29) is 33.0 Å². The second kappa shape index (κ2) is 2.88. The minimum Gasteiger partial charge on any atom is -0.245 e. The monoisotopic (exact) mass is 294 g/mol. The van der Waals surface area contributed by atoms with Crippen LogP contribution in [-0.4, -0.2) is 47.9 Å². The van der Waals surface area contributed by atoms with Crippen LogP contribution in [-0.2, 0) is 0 Å². The summed E-state index contributed by atoms with van der Waals surface area (Å²) in [5.41, 5.74) is -0.380. The quantitative estimate of drug-likeness (QED) is 0.549. The molecule has 0 aromatic carbocycles. The molecule has 0 spiro atoms. The van der Waals surface area contributed by atoms with Gasteiger partial charge in [0.05, 0.1) is 0 Å². The van der Waals surface area contributed by atoms with Crippen molar-refractivity contribution >= 4 is 27.3 Å². The van der Waals surface area contributed by atoms with Crippen LogP contribution in [0.2, 0.25) is 0 Å². The second-order valence-corrected chi connectivity index (χ2v) is 0.753. The number of H-pyrrole nitrogens is 2. The Labute approximate surface area is 58.6 Å². The average molecular weight is 293 g/mol. The van der Waals surface area contributed by atoms with Crippen LogP contribution < -0.4 is 5.69 Å². The molecule has 4 radical (unpaired) electrons. The number of hydrogen-bond acceptors (Lipinski definition) is 3. The molecule has 1 heterocycles. The van der Waals surface area contributed by atoms with Crippen molar-refractivity contribution < 1.29 is 0 Å². The van der Waals surface area contributed by atoms with E-state index in [9.17, 15) is 4.79 Å². The molecule has 2 N–H and O–H groups in total. The van der Waals surface area contributed by atoms with E-state index in [1.165, 1.54) is 0 Å². The van der Waals surface area contributed by atoms with E-state index in [1.807, 2.05) is 10.2 Å². The van der Waals surface area contributed by atoms with Crippen LogP contribution in [0.1, 0.15) is 0 Å². The Hall–Kier alpha value is -0.208. The van der Waals surface area contributed by atoms with E-state index in [1.54, 1.807) is 0 Å². The molecule has 0 unspecified atom stereocenters. The van der Waals surface area contributed by atoms with Crippen molar-refractivity contribution in [1.82, 2.24) is 20.6 Å². The SMILES string of the molecule is O=c1[nH]nn[nH]1.[Pb]. The zero-order valence-corrected chi connectivity index (χ0v) is 7.19. The van der Waals surface area contributed by atoms with Gasteiger partial charge in [-0.05, 0) is 10.4 Å². The maximum atomic E-state index is 9.83. The summed E-state index contributed by atoms with van der Waals surface area (Å²) in [7, 11) is 0. The predicted molar refractivity (Wildman–Crippen MR) is 22.8 cm³/mol. The molecule has 1 rings (SSSR count). The van der Waals surface area contributed by atoms with E-state index >= 15 is 0 Å². The maximum absolute atomic E-state index is 9.83. The largest absolute Gasteiger partial charge is 0.358 e. The minimum atomic E-state index is -0.380. The number of aromatic nitrogens is 4. The molecule has 0 atom stereocenters. The van der Waals surface area contributed by atoms with E-state index in [0.29, 0.717) is 0 Å². The Bertz CT molecular complexity index is 149. The molecule has 0 fully saturated rings. The van der Waals surface area contributed by atoms with E-state index in [4.69, 9.17) is 0 Å². The van der Waals surface area contributed by atoms with Gasteiger partial charge >= 0.3 is 5.69 Å². The summed E-state index contributed by atoms with van der Waals surface area (Å²) in [6, 6.07) is 0. The Morgan fingerprint density at radius 2 is 1.71 bits per heavy atom. The van der Waals surface area contributed by atoms with Gasteiger partial charge in [0, 0.05) is 27.3 Å². The first-order valence-electron chi connectivity index (χ1n) is 1.35. The molecule has 5 nitrogen and oxygen atoms in total. The molecule has 0 saturated heterocycles. The van der Waals surface area contributed by atoms with Crippen molar-refractivity contribution in [3.05, 3.63) is 10.5 Å². The fourth-order valence-electron chi connectivity index (χ4n) is 0.166. The molecule has 1 aromatic heterocycles. The van der Waals surface area contributed by atoms with Gasteiger partial charge in [-0.25, -0.2) is 15.0 Å². The van der Waals surface area contributed by atoms with Crippen molar-refractivity contribution in [1.29, 1.82) is 0 Å². The van der Waals surface area contributed by atoms with Gasteiger partial charge in [0.2, 0.25) is 0 Å². The van der Waals surface area contributed by atoms with Gasteiger partial charge < -0.3 is 0 Å². The van der Waals surface area contributed by atoms with Gasteiger partial charge in [-0.3, -0.25) is 0 Å². The van der Waals surface area contributed by atoms with Crippen LogP contribution >= 0.6 is 0 Å². The summed E-state index contributed by atoms with van der Waals surface area (Å²) in [5.74, 6) is 0.